The SMILES string of the molecule is CN=C(NCC1CCCC(C)C1)N1CCCC(CC(N)=O)C1.I. The van der Waals surface area contributed by atoms with E-state index in [1.165, 1.54) is 25.7 Å². The Morgan fingerprint density at radius 2 is 2.00 bits per heavy atom. The number of halogens is 1. The minimum absolute atomic E-state index is 0. The van der Waals surface area contributed by atoms with Crippen LogP contribution in [0, 0.1) is 17.8 Å². The Morgan fingerprint density at radius 1 is 1.26 bits per heavy atom. The number of aliphatic imine (C=N–C) groups is 1. The third-order valence-corrected chi connectivity index (χ3v) is 5.11. The molecule has 5 nitrogen and oxygen atoms in total. The Bertz CT molecular complexity index is 402. The van der Waals surface area contributed by atoms with Crippen LogP contribution < -0.4 is 11.1 Å². The standard InChI is InChI=1S/C17H32N4O.HI/c1-13-5-3-6-14(9-13)11-20-17(19-2)21-8-4-7-15(12-21)10-16(18)22;/h13-15H,3-12H2,1-2H3,(H2,18,22)(H,19,20);1H. The third kappa shape index (κ3) is 6.85. The van der Waals surface area contributed by atoms with Crippen LogP contribution in [0.5, 0.6) is 0 Å². The zero-order valence-electron chi connectivity index (χ0n) is 14.6. The lowest BCUT2D eigenvalue weighted by Crippen LogP contribution is -2.48. The van der Waals surface area contributed by atoms with Crippen molar-refractivity contribution in [2.24, 2.45) is 28.5 Å². The number of carbonyl (C=O) groups excluding carboxylic acids is 1. The first kappa shape index (κ1) is 20.5. The number of guanidine groups is 1. The van der Waals surface area contributed by atoms with Gasteiger partial charge in [0.1, 0.15) is 0 Å². The highest BCUT2D eigenvalue weighted by Gasteiger charge is 2.24. The van der Waals surface area contributed by atoms with E-state index in [0.717, 1.165) is 50.3 Å². The van der Waals surface area contributed by atoms with Gasteiger partial charge in [0.05, 0.1) is 0 Å². The second-order valence-corrected chi connectivity index (χ2v) is 7.19. The molecule has 1 saturated heterocycles. The molecule has 0 spiro atoms. The van der Waals surface area contributed by atoms with Gasteiger partial charge in [-0.1, -0.05) is 19.8 Å². The number of piperidine rings is 1. The van der Waals surface area contributed by atoms with Crippen LogP contribution in [0.1, 0.15) is 51.9 Å². The molecule has 1 aliphatic carbocycles. The number of amides is 1. The minimum Gasteiger partial charge on any atom is -0.370 e. The monoisotopic (exact) mass is 436 g/mol. The normalized spacial score (nSPS) is 28.9. The summed E-state index contributed by atoms with van der Waals surface area (Å²) in [5.74, 6) is 2.81. The lowest BCUT2D eigenvalue weighted by atomic mass is 9.82. The molecule has 23 heavy (non-hydrogen) atoms. The number of nitrogens with one attached hydrogen (secondary N) is 1. The van der Waals surface area contributed by atoms with Crippen LogP contribution in [0.2, 0.25) is 0 Å². The average Bonchev–Trinajstić information content (AvgIpc) is 2.48. The van der Waals surface area contributed by atoms with Gasteiger partial charge in [-0.05, 0) is 43.4 Å². The summed E-state index contributed by atoms with van der Waals surface area (Å²) >= 11 is 0. The van der Waals surface area contributed by atoms with Crippen molar-refractivity contribution >= 4 is 35.8 Å². The average molecular weight is 436 g/mol. The Kier molecular flexibility index (Phi) is 9.24. The summed E-state index contributed by atoms with van der Waals surface area (Å²) < 4.78 is 0. The molecule has 3 N–H and O–H groups in total. The van der Waals surface area contributed by atoms with Crippen LogP contribution in [0.4, 0.5) is 0 Å². The predicted octanol–water partition coefficient (Wildman–Crippen LogP) is 2.59. The van der Waals surface area contributed by atoms with Crippen molar-refractivity contribution in [1.82, 2.24) is 10.2 Å². The van der Waals surface area contributed by atoms with Gasteiger partial charge in [0.25, 0.3) is 0 Å². The molecular formula is C17H33IN4O. The predicted molar refractivity (Wildman–Crippen MR) is 106 cm³/mol. The van der Waals surface area contributed by atoms with E-state index < -0.39 is 0 Å². The van der Waals surface area contributed by atoms with Crippen molar-refractivity contribution in [2.75, 3.05) is 26.7 Å². The van der Waals surface area contributed by atoms with Crippen LogP contribution in [0.25, 0.3) is 0 Å². The molecule has 2 aliphatic rings. The first-order chi connectivity index (χ1) is 10.6. The molecular weight excluding hydrogens is 403 g/mol. The number of nitrogens with zero attached hydrogens (tertiary/aromatic N) is 2. The van der Waals surface area contributed by atoms with E-state index in [1.807, 2.05) is 7.05 Å². The molecule has 0 aromatic rings. The topological polar surface area (TPSA) is 70.7 Å². The summed E-state index contributed by atoms with van der Waals surface area (Å²) in [7, 11) is 1.85. The molecule has 3 atom stereocenters. The maximum absolute atomic E-state index is 11.1. The van der Waals surface area contributed by atoms with E-state index in [2.05, 4.69) is 22.1 Å². The van der Waals surface area contributed by atoms with Gasteiger partial charge in [0, 0.05) is 33.1 Å². The fraction of sp³-hybridized carbons (Fsp3) is 0.882. The highest BCUT2D eigenvalue weighted by atomic mass is 127. The molecule has 1 heterocycles. The van der Waals surface area contributed by atoms with E-state index >= 15 is 0 Å². The molecule has 0 radical (unpaired) electrons. The van der Waals surface area contributed by atoms with Crippen molar-refractivity contribution in [1.29, 1.82) is 0 Å². The van der Waals surface area contributed by atoms with Crippen LogP contribution in [0.3, 0.4) is 0 Å². The first-order valence-corrected chi connectivity index (χ1v) is 8.82. The minimum atomic E-state index is -0.189. The smallest absolute Gasteiger partial charge is 0.217 e. The molecule has 0 bridgehead atoms. The summed E-state index contributed by atoms with van der Waals surface area (Å²) in [4.78, 5) is 17.9. The highest BCUT2D eigenvalue weighted by Crippen LogP contribution is 2.28. The van der Waals surface area contributed by atoms with E-state index in [9.17, 15) is 4.79 Å². The summed E-state index contributed by atoms with van der Waals surface area (Å²) in [5.41, 5.74) is 5.34. The van der Waals surface area contributed by atoms with Gasteiger partial charge in [-0.25, -0.2) is 0 Å². The molecule has 1 aliphatic heterocycles. The van der Waals surface area contributed by atoms with Crippen molar-refractivity contribution < 1.29 is 4.79 Å². The third-order valence-electron chi connectivity index (χ3n) is 5.11. The summed E-state index contributed by atoms with van der Waals surface area (Å²) in [6.45, 7) is 5.30. The number of nitrogens with two attached hydrogens (primary N) is 1. The second kappa shape index (κ2) is 10.4. The number of hydrogen-bond donors (Lipinski definition) is 2. The van der Waals surface area contributed by atoms with Crippen molar-refractivity contribution in [3.63, 3.8) is 0 Å². The number of primary amides is 1. The fourth-order valence-corrected chi connectivity index (χ4v) is 4.02. The van der Waals surface area contributed by atoms with Gasteiger partial charge >= 0.3 is 0 Å². The first-order valence-electron chi connectivity index (χ1n) is 8.82. The summed E-state index contributed by atoms with van der Waals surface area (Å²) in [6.07, 6.45) is 8.10. The van der Waals surface area contributed by atoms with Gasteiger partial charge < -0.3 is 16.0 Å². The number of hydrogen-bond acceptors (Lipinski definition) is 2. The van der Waals surface area contributed by atoms with Crippen LogP contribution in [-0.4, -0.2) is 43.4 Å². The Labute approximate surface area is 157 Å². The van der Waals surface area contributed by atoms with Crippen molar-refractivity contribution in [2.45, 2.75) is 51.9 Å². The number of rotatable bonds is 4. The van der Waals surface area contributed by atoms with E-state index in [0.29, 0.717) is 12.3 Å². The highest BCUT2D eigenvalue weighted by molar-refractivity contribution is 14.0. The Hall–Kier alpha value is -0.530. The zero-order valence-corrected chi connectivity index (χ0v) is 16.9. The molecule has 134 valence electrons. The summed E-state index contributed by atoms with van der Waals surface area (Å²) in [5, 5.41) is 3.56. The molecule has 1 saturated carbocycles. The quantitative estimate of drug-likeness (QED) is 0.404. The maximum atomic E-state index is 11.1. The van der Waals surface area contributed by atoms with Gasteiger partial charge in [0.15, 0.2) is 5.96 Å². The Balaban J connectivity index is 0.00000264. The Morgan fingerprint density at radius 3 is 2.65 bits per heavy atom. The van der Waals surface area contributed by atoms with Crippen LogP contribution >= 0.6 is 24.0 Å². The molecule has 6 heteroatoms. The molecule has 2 fully saturated rings. The molecule has 3 unspecified atom stereocenters. The lowest BCUT2D eigenvalue weighted by molar-refractivity contribution is -0.119. The largest absolute Gasteiger partial charge is 0.370 e. The van der Waals surface area contributed by atoms with Gasteiger partial charge in [-0.15, -0.1) is 24.0 Å². The molecule has 1 amide bonds. The number of carbonyl (C=O) groups is 1. The van der Waals surface area contributed by atoms with Gasteiger partial charge in [0.2, 0.25) is 5.91 Å². The van der Waals surface area contributed by atoms with Crippen molar-refractivity contribution in [3.8, 4) is 0 Å². The van der Waals surface area contributed by atoms with Gasteiger partial charge in [-0.2, -0.15) is 0 Å². The van der Waals surface area contributed by atoms with Crippen LogP contribution in [-0.2, 0) is 4.79 Å². The van der Waals surface area contributed by atoms with Crippen LogP contribution in [0.15, 0.2) is 4.99 Å². The number of likely N-dealkylation sites (tertiary alicyclic amines) is 1. The lowest BCUT2D eigenvalue weighted by Gasteiger charge is -2.35. The second-order valence-electron chi connectivity index (χ2n) is 7.19. The maximum Gasteiger partial charge on any atom is 0.217 e. The summed E-state index contributed by atoms with van der Waals surface area (Å²) in [6, 6.07) is 0. The van der Waals surface area contributed by atoms with E-state index in [-0.39, 0.29) is 29.9 Å². The molecule has 0 aromatic carbocycles. The van der Waals surface area contributed by atoms with Crippen molar-refractivity contribution in [3.05, 3.63) is 0 Å². The fourth-order valence-electron chi connectivity index (χ4n) is 4.02. The molecule has 2 rings (SSSR count). The zero-order chi connectivity index (χ0) is 15.9. The van der Waals surface area contributed by atoms with Gasteiger partial charge in [-0.3, -0.25) is 9.79 Å². The van der Waals surface area contributed by atoms with E-state index in [1.54, 1.807) is 0 Å². The van der Waals surface area contributed by atoms with E-state index in [4.69, 9.17) is 5.73 Å². The molecule has 0 aromatic heterocycles.